The summed E-state index contributed by atoms with van der Waals surface area (Å²) in [7, 11) is 0. The lowest BCUT2D eigenvalue weighted by atomic mass is 9.93. The average molecular weight is 284 g/mol. The Morgan fingerprint density at radius 1 is 1.50 bits per heavy atom. The van der Waals surface area contributed by atoms with E-state index in [-0.39, 0.29) is 24.8 Å². The minimum atomic E-state index is -2.57. The van der Waals surface area contributed by atoms with E-state index < -0.39 is 12.0 Å². The second kappa shape index (κ2) is 5.89. The van der Waals surface area contributed by atoms with Gasteiger partial charge in [0, 0.05) is 25.3 Å². The van der Waals surface area contributed by atoms with Crippen LogP contribution in [-0.4, -0.2) is 39.3 Å². The molecule has 1 fully saturated rings. The Balaban J connectivity index is 1.96. The molecule has 0 spiro atoms. The van der Waals surface area contributed by atoms with Gasteiger partial charge in [-0.15, -0.1) is 0 Å². The third kappa shape index (κ3) is 4.22. The third-order valence-electron chi connectivity index (χ3n) is 3.00. The van der Waals surface area contributed by atoms with Gasteiger partial charge in [-0.05, 0) is 18.9 Å². The minimum absolute atomic E-state index is 0.0448. The normalized spacial score (nSPS) is 19.1. The van der Waals surface area contributed by atoms with E-state index in [9.17, 15) is 13.6 Å². The van der Waals surface area contributed by atoms with Gasteiger partial charge in [-0.3, -0.25) is 10.3 Å². The van der Waals surface area contributed by atoms with Crippen LogP contribution in [0.5, 0.6) is 0 Å². The van der Waals surface area contributed by atoms with Gasteiger partial charge < -0.3 is 5.11 Å². The van der Waals surface area contributed by atoms with Gasteiger partial charge >= 0.3 is 6.09 Å². The number of alkyl halides is 2. The molecule has 6 nitrogen and oxygen atoms in total. The number of anilines is 1. The summed E-state index contributed by atoms with van der Waals surface area (Å²) in [4.78, 5) is 22.3. The van der Waals surface area contributed by atoms with Crippen molar-refractivity contribution in [3.8, 4) is 0 Å². The molecule has 0 atom stereocenters. The molecule has 0 radical (unpaired) electrons. The SMILES string of the molecule is O=C(O)Nc1nccc(C=NC2CCC(F)(F)CC2)n1. The van der Waals surface area contributed by atoms with E-state index in [4.69, 9.17) is 5.11 Å². The summed E-state index contributed by atoms with van der Waals surface area (Å²) < 4.78 is 26.0. The van der Waals surface area contributed by atoms with Gasteiger partial charge in [-0.1, -0.05) is 0 Å². The van der Waals surface area contributed by atoms with E-state index in [0.29, 0.717) is 18.5 Å². The van der Waals surface area contributed by atoms with Gasteiger partial charge in [0.1, 0.15) is 0 Å². The first kappa shape index (κ1) is 14.3. The van der Waals surface area contributed by atoms with Crippen LogP contribution in [-0.2, 0) is 0 Å². The van der Waals surface area contributed by atoms with E-state index in [1.54, 1.807) is 6.07 Å². The molecule has 1 heterocycles. The molecule has 0 unspecified atom stereocenters. The smallest absolute Gasteiger partial charge is 0.411 e. The van der Waals surface area contributed by atoms with Gasteiger partial charge in [-0.25, -0.2) is 23.5 Å². The van der Waals surface area contributed by atoms with Gasteiger partial charge in [0.05, 0.1) is 11.7 Å². The van der Waals surface area contributed by atoms with Crippen LogP contribution in [0.1, 0.15) is 31.4 Å². The average Bonchev–Trinajstić information content (AvgIpc) is 2.37. The van der Waals surface area contributed by atoms with Crippen molar-refractivity contribution in [3.63, 3.8) is 0 Å². The molecular formula is C12H14F2N4O2. The topological polar surface area (TPSA) is 87.5 Å². The molecular weight excluding hydrogens is 270 g/mol. The second-order valence-electron chi connectivity index (χ2n) is 4.60. The lowest BCUT2D eigenvalue weighted by molar-refractivity contribution is -0.0373. The molecule has 20 heavy (non-hydrogen) atoms. The number of carboxylic acid groups (broad SMARTS) is 1. The number of nitrogens with zero attached hydrogens (tertiary/aromatic N) is 3. The molecule has 1 saturated carbocycles. The van der Waals surface area contributed by atoms with Gasteiger partial charge in [0.15, 0.2) is 0 Å². The number of aliphatic imine (C=N–C) groups is 1. The van der Waals surface area contributed by atoms with Crippen LogP contribution >= 0.6 is 0 Å². The molecule has 0 aliphatic heterocycles. The van der Waals surface area contributed by atoms with Crippen LogP contribution in [0.15, 0.2) is 17.3 Å². The first-order chi connectivity index (χ1) is 9.44. The quantitative estimate of drug-likeness (QED) is 0.835. The summed E-state index contributed by atoms with van der Waals surface area (Å²) >= 11 is 0. The lowest BCUT2D eigenvalue weighted by Gasteiger charge is -2.25. The standard InChI is InChI=1S/C12H14F2N4O2/c13-12(14)4-1-8(2-5-12)16-7-9-3-6-15-10(17-9)18-11(19)20/h3,6-8H,1-2,4-5H2,(H,19,20)(H,15,17,18). The fourth-order valence-corrected chi connectivity index (χ4v) is 1.96. The summed E-state index contributed by atoms with van der Waals surface area (Å²) in [6.45, 7) is 0. The third-order valence-corrected chi connectivity index (χ3v) is 3.00. The number of hydrogen-bond donors (Lipinski definition) is 2. The zero-order valence-corrected chi connectivity index (χ0v) is 10.6. The highest BCUT2D eigenvalue weighted by atomic mass is 19.3. The maximum atomic E-state index is 13.0. The number of nitrogens with one attached hydrogen (secondary N) is 1. The number of amides is 1. The zero-order valence-electron chi connectivity index (χ0n) is 10.6. The lowest BCUT2D eigenvalue weighted by Crippen LogP contribution is -2.26. The van der Waals surface area contributed by atoms with E-state index in [0.717, 1.165) is 0 Å². The Labute approximate surface area is 114 Å². The molecule has 0 saturated heterocycles. The molecule has 1 aromatic heterocycles. The summed E-state index contributed by atoms with van der Waals surface area (Å²) in [5.41, 5.74) is 0.432. The largest absolute Gasteiger partial charge is 0.465 e. The molecule has 1 aromatic rings. The summed E-state index contributed by atoms with van der Waals surface area (Å²) in [5.74, 6) is -2.61. The maximum Gasteiger partial charge on any atom is 0.411 e. The van der Waals surface area contributed by atoms with Crippen molar-refractivity contribution in [2.45, 2.75) is 37.6 Å². The Bertz CT molecular complexity index is 512. The number of rotatable bonds is 3. The molecule has 108 valence electrons. The van der Waals surface area contributed by atoms with Crippen molar-refractivity contribution in [3.05, 3.63) is 18.0 Å². The van der Waals surface area contributed by atoms with Crippen LogP contribution in [0.3, 0.4) is 0 Å². The van der Waals surface area contributed by atoms with Gasteiger partial charge in [0.25, 0.3) is 0 Å². The molecule has 2 N–H and O–H groups in total. The Morgan fingerprint density at radius 2 is 2.20 bits per heavy atom. The van der Waals surface area contributed by atoms with E-state index in [1.807, 2.05) is 5.32 Å². The number of hydrogen-bond acceptors (Lipinski definition) is 4. The van der Waals surface area contributed by atoms with Crippen molar-refractivity contribution in [2.75, 3.05) is 5.32 Å². The van der Waals surface area contributed by atoms with Crippen LogP contribution in [0.25, 0.3) is 0 Å². The minimum Gasteiger partial charge on any atom is -0.465 e. The Kier molecular flexibility index (Phi) is 4.21. The molecule has 0 bridgehead atoms. The Morgan fingerprint density at radius 3 is 2.85 bits per heavy atom. The highest BCUT2D eigenvalue weighted by molar-refractivity contribution is 5.82. The van der Waals surface area contributed by atoms with Crippen LogP contribution < -0.4 is 5.32 Å². The highest BCUT2D eigenvalue weighted by Crippen LogP contribution is 2.34. The van der Waals surface area contributed by atoms with Crippen LogP contribution in [0.2, 0.25) is 0 Å². The molecule has 1 aliphatic rings. The van der Waals surface area contributed by atoms with E-state index in [1.165, 1.54) is 12.4 Å². The van der Waals surface area contributed by atoms with Crippen LogP contribution in [0.4, 0.5) is 19.5 Å². The number of aromatic nitrogens is 2. The monoisotopic (exact) mass is 284 g/mol. The van der Waals surface area contributed by atoms with Crippen molar-refractivity contribution in [2.24, 2.45) is 4.99 Å². The van der Waals surface area contributed by atoms with E-state index in [2.05, 4.69) is 15.0 Å². The summed E-state index contributed by atoms with van der Waals surface area (Å²) in [6.07, 6.45) is 1.99. The molecule has 8 heteroatoms. The predicted octanol–water partition coefficient (Wildman–Crippen LogP) is 2.56. The van der Waals surface area contributed by atoms with Crippen LogP contribution in [0, 0.1) is 0 Å². The molecule has 1 amide bonds. The van der Waals surface area contributed by atoms with Crippen molar-refractivity contribution in [1.82, 2.24) is 9.97 Å². The van der Waals surface area contributed by atoms with Crippen molar-refractivity contribution in [1.29, 1.82) is 0 Å². The van der Waals surface area contributed by atoms with Crippen molar-refractivity contribution < 1.29 is 18.7 Å². The zero-order chi connectivity index (χ0) is 14.6. The van der Waals surface area contributed by atoms with Crippen molar-refractivity contribution >= 4 is 18.3 Å². The second-order valence-corrected chi connectivity index (χ2v) is 4.60. The van der Waals surface area contributed by atoms with E-state index >= 15 is 0 Å². The predicted molar refractivity (Wildman–Crippen MR) is 68.5 cm³/mol. The maximum absolute atomic E-state index is 13.0. The fraction of sp³-hybridized carbons (Fsp3) is 0.500. The van der Waals surface area contributed by atoms with Gasteiger partial charge in [-0.2, -0.15) is 0 Å². The summed E-state index contributed by atoms with van der Waals surface area (Å²) in [5, 5.41) is 10.6. The molecule has 0 aromatic carbocycles. The first-order valence-electron chi connectivity index (χ1n) is 6.19. The fourth-order valence-electron chi connectivity index (χ4n) is 1.96. The Hall–Kier alpha value is -2.12. The molecule has 1 aliphatic carbocycles. The highest BCUT2D eigenvalue weighted by Gasteiger charge is 2.34. The number of carbonyl (C=O) groups is 1. The van der Waals surface area contributed by atoms with Gasteiger partial charge in [0.2, 0.25) is 11.9 Å². The number of halogens is 2. The first-order valence-corrected chi connectivity index (χ1v) is 6.19. The summed E-state index contributed by atoms with van der Waals surface area (Å²) in [6, 6.07) is 1.43. The molecule has 2 rings (SSSR count).